The molecule has 0 saturated carbocycles. The number of hydrogen-bond acceptors (Lipinski definition) is 2. The first kappa shape index (κ1) is 10.1. The Labute approximate surface area is 86.0 Å². The molecule has 1 aromatic carbocycles. The molecule has 0 heterocycles. The van der Waals surface area contributed by atoms with Crippen molar-refractivity contribution in [1.29, 1.82) is 0 Å². The van der Waals surface area contributed by atoms with Gasteiger partial charge in [-0.05, 0) is 36.2 Å². The minimum Gasteiger partial charge on any atom is -0.507 e. The number of phenolic OH excluding ortho intramolecular Hbond substituents is 1. The minimum absolute atomic E-state index is 0.249. The van der Waals surface area contributed by atoms with Crippen LogP contribution in [-0.4, -0.2) is 11.7 Å². The average Bonchev–Trinajstić information content (AvgIpc) is 2.12. The summed E-state index contributed by atoms with van der Waals surface area (Å²) in [5.74, 6) is 1.01. The van der Waals surface area contributed by atoms with Gasteiger partial charge in [0.1, 0.15) is 11.5 Å². The molecule has 0 unspecified atom stereocenters. The lowest BCUT2D eigenvalue weighted by molar-refractivity contribution is 0.339. The fourth-order valence-electron chi connectivity index (χ4n) is 0.990. The molecular weight excluding hydrogens is 232 g/mol. The smallest absolute Gasteiger partial charge is 0.123 e. The van der Waals surface area contributed by atoms with E-state index >= 15 is 0 Å². The molecule has 0 aliphatic heterocycles. The van der Waals surface area contributed by atoms with Crippen molar-refractivity contribution in [2.24, 2.45) is 0 Å². The summed E-state index contributed by atoms with van der Waals surface area (Å²) >= 11 is 3.15. The van der Waals surface area contributed by atoms with Crippen molar-refractivity contribution in [1.82, 2.24) is 0 Å². The van der Waals surface area contributed by atoms with Crippen molar-refractivity contribution in [3.05, 3.63) is 28.7 Å². The SMILES string of the molecule is CCOc1ccc(O)c(/C=C/Br)c1. The molecule has 0 amide bonds. The molecule has 0 saturated heterocycles. The van der Waals surface area contributed by atoms with E-state index in [1.807, 2.05) is 6.92 Å². The highest BCUT2D eigenvalue weighted by Crippen LogP contribution is 2.24. The van der Waals surface area contributed by atoms with Crippen LogP contribution in [-0.2, 0) is 0 Å². The summed E-state index contributed by atoms with van der Waals surface area (Å²) in [5.41, 5.74) is 0.739. The minimum atomic E-state index is 0.249. The van der Waals surface area contributed by atoms with E-state index in [1.54, 1.807) is 29.3 Å². The molecular formula is C10H11BrO2. The number of halogens is 1. The van der Waals surface area contributed by atoms with Gasteiger partial charge in [-0.1, -0.05) is 15.9 Å². The molecule has 0 aliphatic carbocycles. The zero-order chi connectivity index (χ0) is 9.68. The van der Waals surface area contributed by atoms with Gasteiger partial charge in [-0.3, -0.25) is 0 Å². The molecule has 3 heteroatoms. The topological polar surface area (TPSA) is 29.5 Å². The van der Waals surface area contributed by atoms with Gasteiger partial charge >= 0.3 is 0 Å². The van der Waals surface area contributed by atoms with Crippen molar-refractivity contribution in [2.45, 2.75) is 6.92 Å². The van der Waals surface area contributed by atoms with Gasteiger partial charge < -0.3 is 9.84 Å². The molecule has 0 aliphatic rings. The highest BCUT2D eigenvalue weighted by Gasteiger charge is 1.99. The van der Waals surface area contributed by atoms with Crippen LogP contribution in [0.2, 0.25) is 0 Å². The van der Waals surface area contributed by atoms with E-state index in [9.17, 15) is 5.11 Å². The van der Waals surface area contributed by atoms with Crippen LogP contribution in [0.25, 0.3) is 6.08 Å². The number of ether oxygens (including phenoxy) is 1. The second-order valence-corrected chi connectivity index (χ2v) is 2.97. The highest BCUT2D eigenvalue weighted by atomic mass is 79.9. The van der Waals surface area contributed by atoms with Crippen LogP contribution in [0.1, 0.15) is 12.5 Å². The first-order valence-electron chi connectivity index (χ1n) is 4.00. The van der Waals surface area contributed by atoms with Crippen LogP contribution in [0, 0.1) is 0 Å². The van der Waals surface area contributed by atoms with Gasteiger partial charge in [0.2, 0.25) is 0 Å². The second-order valence-electron chi connectivity index (χ2n) is 2.45. The van der Waals surface area contributed by atoms with E-state index in [2.05, 4.69) is 15.9 Å². The van der Waals surface area contributed by atoms with Crippen molar-refractivity contribution in [3.8, 4) is 11.5 Å². The van der Waals surface area contributed by atoms with Gasteiger partial charge in [0, 0.05) is 5.56 Å². The van der Waals surface area contributed by atoms with E-state index in [4.69, 9.17) is 4.74 Å². The number of phenols is 1. The Bertz CT molecular complexity index is 308. The Balaban J connectivity index is 2.96. The molecule has 0 atom stereocenters. The van der Waals surface area contributed by atoms with Crippen LogP contribution in [0.15, 0.2) is 23.2 Å². The molecule has 0 bridgehead atoms. The summed E-state index contributed by atoms with van der Waals surface area (Å²) in [6, 6.07) is 5.15. The maximum atomic E-state index is 9.41. The molecule has 1 aromatic rings. The normalized spacial score (nSPS) is 10.6. The van der Waals surface area contributed by atoms with Crippen LogP contribution in [0.5, 0.6) is 11.5 Å². The maximum absolute atomic E-state index is 9.41. The zero-order valence-corrected chi connectivity index (χ0v) is 8.91. The van der Waals surface area contributed by atoms with Crippen LogP contribution >= 0.6 is 15.9 Å². The van der Waals surface area contributed by atoms with E-state index in [1.165, 1.54) is 0 Å². The van der Waals surface area contributed by atoms with Crippen molar-refractivity contribution in [3.63, 3.8) is 0 Å². The quantitative estimate of drug-likeness (QED) is 0.883. The summed E-state index contributed by atoms with van der Waals surface area (Å²) in [6.07, 6.45) is 1.76. The summed E-state index contributed by atoms with van der Waals surface area (Å²) < 4.78 is 5.29. The van der Waals surface area contributed by atoms with Crippen molar-refractivity contribution >= 4 is 22.0 Å². The predicted molar refractivity (Wildman–Crippen MR) is 57.2 cm³/mol. The molecule has 13 heavy (non-hydrogen) atoms. The van der Waals surface area contributed by atoms with Crippen LogP contribution in [0.3, 0.4) is 0 Å². The highest BCUT2D eigenvalue weighted by molar-refractivity contribution is 9.11. The number of benzene rings is 1. The van der Waals surface area contributed by atoms with E-state index in [0.29, 0.717) is 6.61 Å². The first-order valence-corrected chi connectivity index (χ1v) is 4.92. The van der Waals surface area contributed by atoms with Gasteiger partial charge in [-0.25, -0.2) is 0 Å². The van der Waals surface area contributed by atoms with Gasteiger partial charge in [-0.15, -0.1) is 0 Å². The third-order valence-electron chi connectivity index (χ3n) is 1.55. The van der Waals surface area contributed by atoms with Crippen molar-refractivity contribution < 1.29 is 9.84 Å². The summed E-state index contributed by atoms with van der Waals surface area (Å²) in [5, 5.41) is 9.41. The van der Waals surface area contributed by atoms with Gasteiger partial charge in [-0.2, -0.15) is 0 Å². The second kappa shape index (κ2) is 4.92. The lowest BCUT2D eigenvalue weighted by Crippen LogP contribution is -1.91. The summed E-state index contributed by atoms with van der Waals surface area (Å²) in [6.45, 7) is 2.55. The molecule has 70 valence electrons. The Kier molecular flexibility index (Phi) is 3.83. The van der Waals surface area contributed by atoms with Crippen LogP contribution in [0.4, 0.5) is 0 Å². The van der Waals surface area contributed by atoms with E-state index < -0.39 is 0 Å². The number of hydrogen-bond donors (Lipinski definition) is 1. The molecule has 1 rings (SSSR count). The van der Waals surface area contributed by atoms with Crippen LogP contribution < -0.4 is 4.74 Å². The lowest BCUT2D eigenvalue weighted by atomic mass is 10.2. The van der Waals surface area contributed by atoms with Gasteiger partial charge in [0.05, 0.1) is 6.61 Å². The third-order valence-corrected chi connectivity index (χ3v) is 1.82. The van der Waals surface area contributed by atoms with Gasteiger partial charge in [0.15, 0.2) is 0 Å². The molecule has 0 spiro atoms. The Hall–Kier alpha value is -0.960. The average molecular weight is 243 g/mol. The maximum Gasteiger partial charge on any atom is 0.123 e. The number of rotatable bonds is 3. The Morgan fingerprint density at radius 3 is 2.92 bits per heavy atom. The molecule has 2 nitrogen and oxygen atoms in total. The molecule has 1 N–H and O–H groups in total. The third kappa shape index (κ3) is 2.77. The van der Waals surface area contributed by atoms with E-state index in [-0.39, 0.29) is 5.75 Å². The zero-order valence-electron chi connectivity index (χ0n) is 7.33. The molecule has 0 radical (unpaired) electrons. The molecule has 0 aromatic heterocycles. The monoisotopic (exact) mass is 242 g/mol. The predicted octanol–water partition coefficient (Wildman–Crippen LogP) is 3.16. The number of aromatic hydroxyl groups is 1. The fourth-order valence-corrected chi connectivity index (χ4v) is 1.28. The van der Waals surface area contributed by atoms with Crippen molar-refractivity contribution in [2.75, 3.05) is 6.61 Å². The lowest BCUT2D eigenvalue weighted by Gasteiger charge is -2.04. The standard InChI is InChI=1S/C10H11BrO2/c1-2-13-9-3-4-10(12)8(7-9)5-6-11/h3-7,12H,2H2,1H3/b6-5+. The van der Waals surface area contributed by atoms with E-state index in [0.717, 1.165) is 11.3 Å². The summed E-state index contributed by atoms with van der Waals surface area (Å²) in [4.78, 5) is 1.69. The Morgan fingerprint density at radius 1 is 1.54 bits per heavy atom. The largest absolute Gasteiger partial charge is 0.507 e. The molecule has 0 fully saturated rings. The Morgan fingerprint density at radius 2 is 2.31 bits per heavy atom. The first-order chi connectivity index (χ1) is 6.27. The summed E-state index contributed by atoms with van der Waals surface area (Å²) in [7, 11) is 0. The fraction of sp³-hybridized carbons (Fsp3) is 0.200. The van der Waals surface area contributed by atoms with Gasteiger partial charge in [0.25, 0.3) is 0 Å².